The molecule has 1 aromatic heterocycles. The zero-order chi connectivity index (χ0) is 10.8. The van der Waals surface area contributed by atoms with E-state index in [9.17, 15) is 9.90 Å². The molecular formula is C10H13NO3. The summed E-state index contributed by atoms with van der Waals surface area (Å²) in [6.07, 6.45) is 2.86. The number of carbonyl (C=O) groups excluding carboxylic acids is 1. The molecule has 2 N–H and O–H groups in total. The van der Waals surface area contributed by atoms with Crippen molar-refractivity contribution in [2.24, 2.45) is 0 Å². The first kappa shape index (κ1) is 10.8. The second-order valence-electron chi connectivity index (χ2n) is 3.60. The molecule has 0 unspecified atom stereocenters. The van der Waals surface area contributed by atoms with Gasteiger partial charge in [-0.25, -0.2) is 0 Å². The maximum absolute atomic E-state index is 11.1. The molecule has 0 aromatic carbocycles. The summed E-state index contributed by atoms with van der Waals surface area (Å²) in [5.74, 6) is -0.399. The van der Waals surface area contributed by atoms with Gasteiger partial charge < -0.3 is 10.2 Å². The predicted octanol–water partition coefficient (Wildman–Crippen LogP) is 0.484. The summed E-state index contributed by atoms with van der Waals surface area (Å²) < 4.78 is 0. The molecule has 4 nitrogen and oxygen atoms in total. The molecule has 0 fully saturated rings. The van der Waals surface area contributed by atoms with Crippen molar-refractivity contribution in [1.29, 1.82) is 0 Å². The Hall–Kier alpha value is -1.26. The Morgan fingerprint density at radius 2 is 2.14 bits per heavy atom. The van der Waals surface area contributed by atoms with E-state index in [4.69, 9.17) is 5.11 Å². The van der Waals surface area contributed by atoms with Gasteiger partial charge in [-0.05, 0) is 19.9 Å². The summed E-state index contributed by atoms with van der Waals surface area (Å²) in [5.41, 5.74) is -0.164. The van der Waals surface area contributed by atoms with Gasteiger partial charge in [-0.1, -0.05) is 0 Å². The number of Topliss-reactive ketones (excluding diaryl/α,β-unsaturated/α-hetero) is 1. The highest BCUT2D eigenvalue weighted by Crippen LogP contribution is 2.19. The number of aliphatic hydroxyl groups excluding tert-OH is 1. The molecular weight excluding hydrogens is 182 g/mol. The maximum atomic E-state index is 11.1. The molecule has 4 heteroatoms. The van der Waals surface area contributed by atoms with E-state index in [1.807, 2.05) is 0 Å². The van der Waals surface area contributed by atoms with Gasteiger partial charge in [0.05, 0.1) is 5.60 Å². The Morgan fingerprint density at radius 1 is 1.50 bits per heavy atom. The molecule has 0 aliphatic rings. The number of hydrogen-bond donors (Lipinski definition) is 2. The van der Waals surface area contributed by atoms with Crippen LogP contribution in [-0.2, 0) is 5.60 Å². The van der Waals surface area contributed by atoms with E-state index < -0.39 is 18.0 Å². The molecule has 14 heavy (non-hydrogen) atoms. The number of ketones is 1. The van der Waals surface area contributed by atoms with Gasteiger partial charge in [-0.3, -0.25) is 9.78 Å². The van der Waals surface area contributed by atoms with E-state index >= 15 is 0 Å². The second kappa shape index (κ2) is 3.86. The van der Waals surface area contributed by atoms with Crippen molar-refractivity contribution in [3.8, 4) is 0 Å². The van der Waals surface area contributed by atoms with Crippen molar-refractivity contribution >= 4 is 5.78 Å². The lowest BCUT2D eigenvalue weighted by atomic mass is 9.98. The number of nitrogens with zero attached hydrogens (tertiary/aromatic N) is 1. The minimum Gasteiger partial charge on any atom is -0.388 e. The van der Waals surface area contributed by atoms with Crippen LogP contribution in [0.25, 0.3) is 0 Å². The monoisotopic (exact) mass is 195 g/mol. The summed E-state index contributed by atoms with van der Waals surface area (Å²) in [4.78, 5) is 14.9. The van der Waals surface area contributed by atoms with Gasteiger partial charge in [0.2, 0.25) is 0 Å². The van der Waals surface area contributed by atoms with Crippen molar-refractivity contribution in [1.82, 2.24) is 4.98 Å². The quantitative estimate of drug-likeness (QED) is 0.688. The third-order valence-electron chi connectivity index (χ3n) is 1.91. The highest BCUT2D eigenvalue weighted by Gasteiger charge is 2.17. The SMILES string of the molecule is CC(C)(O)c1cncc(C(=O)CO)c1. The molecule has 0 bridgehead atoms. The van der Waals surface area contributed by atoms with Crippen LogP contribution in [0.4, 0.5) is 0 Å². The summed E-state index contributed by atoms with van der Waals surface area (Å²) >= 11 is 0. The fourth-order valence-electron chi connectivity index (χ4n) is 1.02. The smallest absolute Gasteiger partial charge is 0.189 e. The Bertz CT molecular complexity index is 341. The van der Waals surface area contributed by atoms with E-state index in [2.05, 4.69) is 4.98 Å². The van der Waals surface area contributed by atoms with Crippen molar-refractivity contribution in [2.45, 2.75) is 19.4 Å². The summed E-state index contributed by atoms with van der Waals surface area (Å²) in [6, 6.07) is 1.53. The Kier molecular flexibility index (Phi) is 2.98. The molecule has 0 radical (unpaired) electrons. The first-order chi connectivity index (χ1) is 6.45. The zero-order valence-corrected chi connectivity index (χ0v) is 8.19. The van der Waals surface area contributed by atoms with Gasteiger partial charge in [0, 0.05) is 23.5 Å². The molecule has 0 saturated carbocycles. The number of rotatable bonds is 3. The average Bonchev–Trinajstić information content (AvgIpc) is 2.15. The lowest BCUT2D eigenvalue weighted by Gasteiger charge is -2.17. The molecule has 1 aromatic rings. The van der Waals surface area contributed by atoms with Crippen LogP contribution in [0.5, 0.6) is 0 Å². The Morgan fingerprint density at radius 3 is 2.64 bits per heavy atom. The molecule has 0 aliphatic heterocycles. The van der Waals surface area contributed by atoms with Gasteiger partial charge in [0.1, 0.15) is 6.61 Å². The van der Waals surface area contributed by atoms with Crippen LogP contribution in [0.15, 0.2) is 18.5 Å². The fourth-order valence-corrected chi connectivity index (χ4v) is 1.02. The number of hydrogen-bond acceptors (Lipinski definition) is 4. The van der Waals surface area contributed by atoms with Crippen molar-refractivity contribution in [2.75, 3.05) is 6.61 Å². The normalized spacial score (nSPS) is 11.4. The lowest BCUT2D eigenvalue weighted by Crippen LogP contribution is -2.17. The molecule has 0 amide bonds. The minimum absolute atomic E-state index is 0.312. The minimum atomic E-state index is -1.03. The number of aromatic nitrogens is 1. The van der Waals surface area contributed by atoms with Crippen LogP contribution in [0.1, 0.15) is 29.8 Å². The van der Waals surface area contributed by atoms with Gasteiger partial charge in [-0.2, -0.15) is 0 Å². The topological polar surface area (TPSA) is 70.4 Å². The van der Waals surface area contributed by atoms with Crippen LogP contribution in [0, 0.1) is 0 Å². The zero-order valence-electron chi connectivity index (χ0n) is 8.19. The molecule has 0 spiro atoms. The van der Waals surface area contributed by atoms with Crippen molar-refractivity contribution in [3.63, 3.8) is 0 Å². The van der Waals surface area contributed by atoms with Crippen LogP contribution < -0.4 is 0 Å². The van der Waals surface area contributed by atoms with Gasteiger partial charge >= 0.3 is 0 Å². The third-order valence-corrected chi connectivity index (χ3v) is 1.91. The van der Waals surface area contributed by atoms with Crippen molar-refractivity contribution < 1.29 is 15.0 Å². The van der Waals surface area contributed by atoms with E-state index in [-0.39, 0.29) is 0 Å². The average molecular weight is 195 g/mol. The number of pyridine rings is 1. The first-order valence-electron chi connectivity index (χ1n) is 4.27. The summed E-state index contributed by atoms with van der Waals surface area (Å²) in [6.45, 7) is 2.67. The first-order valence-corrected chi connectivity index (χ1v) is 4.27. The number of carbonyl (C=O) groups is 1. The molecule has 0 atom stereocenters. The van der Waals surface area contributed by atoms with Crippen LogP contribution in [0.2, 0.25) is 0 Å². The van der Waals surface area contributed by atoms with Crippen molar-refractivity contribution in [3.05, 3.63) is 29.6 Å². The van der Waals surface area contributed by atoms with E-state index in [0.29, 0.717) is 11.1 Å². The Labute approximate surface area is 82.2 Å². The predicted molar refractivity (Wildman–Crippen MR) is 50.9 cm³/mol. The van der Waals surface area contributed by atoms with E-state index in [0.717, 1.165) is 0 Å². The second-order valence-corrected chi connectivity index (χ2v) is 3.60. The highest BCUT2D eigenvalue weighted by molar-refractivity contribution is 5.96. The van der Waals surface area contributed by atoms with Crippen LogP contribution in [0.3, 0.4) is 0 Å². The maximum Gasteiger partial charge on any atom is 0.189 e. The highest BCUT2D eigenvalue weighted by atomic mass is 16.3. The molecule has 1 heterocycles. The summed E-state index contributed by atoms with van der Waals surface area (Å²) in [5, 5.41) is 18.3. The Balaban J connectivity index is 3.08. The molecule has 0 aliphatic carbocycles. The number of aliphatic hydroxyl groups is 2. The van der Waals surface area contributed by atoms with Crippen LogP contribution in [-0.4, -0.2) is 27.6 Å². The largest absolute Gasteiger partial charge is 0.388 e. The standard InChI is InChI=1S/C10H13NO3/c1-10(2,14)8-3-7(4-11-5-8)9(13)6-12/h3-5,12,14H,6H2,1-2H3. The van der Waals surface area contributed by atoms with Gasteiger partial charge in [0.15, 0.2) is 5.78 Å². The fraction of sp³-hybridized carbons (Fsp3) is 0.400. The van der Waals surface area contributed by atoms with Gasteiger partial charge in [-0.15, -0.1) is 0 Å². The summed E-state index contributed by atoms with van der Waals surface area (Å²) in [7, 11) is 0. The molecule has 1 rings (SSSR count). The molecule has 0 saturated heterocycles. The third kappa shape index (κ3) is 2.37. The van der Waals surface area contributed by atoms with E-state index in [1.54, 1.807) is 13.8 Å². The van der Waals surface area contributed by atoms with Crippen LogP contribution >= 0.6 is 0 Å². The lowest BCUT2D eigenvalue weighted by molar-refractivity contribution is 0.0779. The van der Waals surface area contributed by atoms with Gasteiger partial charge in [0.25, 0.3) is 0 Å². The molecule has 76 valence electrons. The van der Waals surface area contributed by atoms with E-state index in [1.165, 1.54) is 18.5 Å².